The molecule has 0 bridgehead atoms. The molecule has 1 atom stereocenters. The molecule has 1 saturated carbocycles. The molecule has 1 aliphatic carbocycles. The molecule has 0 heterocycles. The van der Waals surface area contributed by atoms with Crippen molar-refractivity contribution in [1.29, 1.82) is 0 Å². The summed E-state index contributed by atoms with van der Waals surface area (Å²) in [7, 11) is 0. The second-order valence-corrected chi connectivity index (χ2v) is 5.22. The van der Waals surface area contributed by atoms with Gasteiger partial charge in [-0.25, -0.2) is 4.39 Å². The molecule has 1 N–H and O–H groups in total. The summed E-state index contributed by atoms with van der Waals surface area (Å²) in [6.07, 6.45) is 4.63. The summed E-state index contributed by atoms with van der Waals surface area (Å²) in [6, 6.07) is 3.14. The number of rotatable bonds is 6. The Labute approximate surface area is 116 Å². The molecule has 0 aliphatic heterocycles. The zero-order chi connectivity index (χ0) is 14.5. The molecule has 1 aromatic rings. The van der Waals surface area contributed by atoms with Crippen LogP contribution in [0.2, 0.25) is 0 Å². The first-order chi connectivity index (χ1) is 9.56. The van der Waals surface area contributed by atoms with Gasteiger partial charge in [-0.3, -0.25) is 10.1 Å². The fourth-order valence-corrected chi connectivity index (χ4v) is 2.64. The van der Waals surface area contributed by atoms with Gasteiger partial charge < -0.3 is 9.84 Å². The highest BCUT2D eigenvalue weighted by Gasteiger charge is 2.21. The maximum Gasteiger partial charge on any atom is 0.313 e. The van der Waals surface area contributed by atoms with Gasteiger partial charge >= 0.3 is 5.69 Å². The molecule has 0 saturated heterocycles. The minimum atomic E-state index is -0.693. The molecule has 20 heavy (non-hydrogen) atoms. The van der Waals surface area contributed by atoms with Crippen molar-refractivity contribution in [2.24, 2.45) is 5.92 Å². The van der Waals surface area contributed by atoms with Crippen molar-refractivity contribution >= 4 is 5.69 Å². The van der Waals surface area contributed by atoms with Crippen molar-refractivity contribution < 1.29 is 19.2 Å². The number of nitro benzene ring substituents is 1. The van der Waals surface area contributed by atoms with Crippen molar-refractivity contribution in [3.8, 4) is 5.75 Å². The van der Waals surface area contributed by atoms with Crippen LogP contribution >= 0.6 is 0 Å². The van der Waals surface area contributed by atoms with Gasteiger partial charge in [0.2, 0.25) is 0 Å². The molecule has 1 aliphatic rings. The van der Waals surface area contributed by atoms with E-state index in [0.717, 1.165) is 25.0 Å². The average molecular weight is 283 g/mol. The van der Waals surface area contributed by atoms with Crippen LogP contribution in [0.3, 0.4) is 0 Å². The molecule has 1 fully saturated rings. The quantitative estimate of drug-likeness (QED) is 0.643. The summed E-state index contributed by atoms with van der Waals surface area (Å²) < 4.78 is 18.2. The van der Waals surface area contributed by atoms with Crippen LogP contribution in [0.4, 0.5) is 10.1 Å². The summed E-state index contributed by atoms with van der Waals surface area (Å²) in [6.45, 7) is -0.0109. The molecular weight excluding hydrogens is 265 g/mol. The lowest BCUT2D eigenvalue weighted by Crippen LogP contribution is -2.20. The van der Waals surface area contributed by atoms with Gasteiger partial charge in [0.1, 0.15) is 12.4 Å². The molecule has 0 amide bonds. The molecular formula is C14H18FNO4. The van der Waals surface area contributed by atoms with Gasteiger partial charge in [-0.1, -0.05) is 25.7 Å². The van der Waals surface area contributed by atoms with E-state index in [1.54, 1.807) is 0 Å². The van der Waals surface area contributed by atoms with Crippen molar-refractivity contribution in [3.63, 3.8) is 0 Å². The highest BCUT2D eigenvalue weighted by Crippen LogP contribution is 2.30. The van der Waals surface area contributed by atoms with Gasteiger partial charge in [0.05, 0.1) is 17.1 Å². The van der Waals surface area contributed by atoms with Crippen LogP contribution in [0.1, 0.15) is 32.1 Å². The number of benzene rings is 1. The van der Waals surface area contributed by atoms with E-state index in [1.807, 2.05) is 0 Å². The lowest BCUT2D eigenvalue weighted by Gasteiger charge is -2.16. The van der Waals surface area contributed by atoms with Crippen molar-refractivity contribution in [2.45, 2.75) is 38.2 Å². The topological polar surface area (TPSA) is 72.6 Å². The number of aliphatic hydroxyl groups is 1. The first kappa shape index (κ1) is 14.7. The van der Waals surface area contributed by atoms with E-state index in [1.165, 1.54) is 18.9 Å². The van der Waals surface area contributed by atoms with E-state index in [9.17, 15) is 19.6 Å². The zero-order valence-electron chi connectivity index (χ0n) is 11.1. The van der Waals surface area contributed by atoms with Gasteiger partial charge in [0.25, 0.3) is 0 Å². The number of hydrogen-bond donors (Lipinski definition) is 1. The van der Waals surface area contributed by atoms with E-state index in [-0.39, 0.29) is 12.4 Å². The van der Waals surface area contributed by atoms with E-state index in [2.05, 4.69) is 0 Å². The van der Waals surface area contributed by atoms with Crippen LogP contribution in [0.25, 0.3) is 0 Å². The summed E-state index contributed by atoms with van der Waals surface area (Å²) >= 11 is 0. The predicted molar refractivity (Wildman–Crippen MR) is 71.1 cm³/mol. The SMILES string of the molecule is O=[N+]([O-])c1cc(F)ccc1OCC(O)CC1CCCC1. The fraction of sp³-hybridized carbons (Fsp3) is 0.571. The molecule has 6 heteroatoms. The summed E-state index contributed by atoms with van der Waals surface area (Å²) in [5, 5.41) is 20.7. The Morgan fingerprint density at radius 3 is 2.80 bits per heavy atom. The Morgan fingerprint density at radius 2 is 2.15 bits per heavy atom. The summed E-state index contributed by atoms with van der Waals surface area (Å²) in [5.41, 5.74) is -0.418. The van der Waals surface area contributed by atoms with Crippen LogP contribution in [0.15, 0.2) is 18.2 Å². The van der Waals surface area contributed by atoms with Crippen LogP contribution in [0.5, 0.6) is 5.75 Å². The van der Waals surface area contributed by atoms with E-state index in [4.69, 9.17) is 4.74 Å². The highest BCUT2D eigenvalue weighted by atomic mass is 19.1. The molecule has 0 aromatic heterocycles. The van der Waals surface area contributed by atoms with E-state index < -0.39 is 22.5 Å². The van der Waals surface area contributed by atoms with Gasteiger partial charge in [0, 0.05) is 0 Å². The minimum Gasteiger partial charge on any atom is -0.484 e. The Hall–Kier alpha value is -1.69. The Bertz CT molecular complexity index is 474. The Morgan fingerprint density at radius 1 is 1.45 bits per heavy atom. The van der Waals surface area contributed by atoms with Crippen LogP contribution in [-0.2, 0) is 0 Å². The number of ether oxygens (including phenoxy) is 1. The monoisotopic (exact) mass is 283 g/mol. The third-order valence-corrected chi connectivity index (χ3v) is 3.63. The maximum absolute atomic E-state index is 13.0. The fourth-order valence-electron chi connectivity index (χ4n) is 2.64. The summed E-state index contributed by atoms with van der Waals surface area (Å²) in [5.74, 6) is -0.186. The van der Waals surface area contributed by atoms with Gasteiger partial charge in [-0.2, -0.15) is 0 Å². The molecule has 0 radical (unpaired) electrons. The van der Waals surface area contributed by atoms with E-state index >= 15 is 0 Å². The normalized spacial score (nSPS) is 17.1. The zero-order valence-corrected chi connectivity index (χ0v) is 11.1. The predicted octanol–water partition coefficient (Wildman–Crippen LogP) is 3.05. The Balaban J connectivity index is 1.91. The van der Waals surface area contributed by atoms with Crippen molar-refractivity contribution in [1.82, 2.24) is 0 Å². The third-order valence-electron chi connectivity index (χ3n) is 3.63. The second-order valence-electron chi connectivity index (χ2n) is 5.22. The lowest BCUT2D eigenvalue weighted by atomic mass is 10.0. The molecule has 5 nitrogen and oxygen atoms in total. The molecule has 1 aromatic carbocycles. The molecule has 110 valence electrons. The van der Waals surface area contributed by atoms with Crippen LogP contribution in [-0.4, -0.2) is 22.7 Å². The minimum absolute atomic E-state index is 0.0109. The number of hydrogen-bond acceptors (Lipinski definition) is 4. The Kier molecular flexibility index (Phi) is 4.89. The van der Waals surface area contributed by atoms with Crippen LogP contribution < -0.4 is 4.74 Å². The number of aliphatic hydroxyl groups excluding tert-OH is 1. The van der Waals surface area contributed by atoms with Gasteiger partial charge in [0.15, 0.2) is 5.75 Å². The number of nitrogens with zero attached hydrogens (tertiary/aromatic N) is 1. The smallest absolute Gasteiger partial charge is 0.313 e. The average Bonchev–Trinajstić information content (AvgIpc) is 2.90. The number of halogens is 1. The van der Waals surface area contributed by atoms with Crippen molar-refractivity contribution in [3.05, 3.63) is 34.1 Å². The lowest BCUT2D eigenvalue weighted by molar-refractivity contribution is -0.386. The molecule has 1 unspecified atom stereocenters. The van der Waals surface area contributed by atoms with Crippen molar-refractivity contribution in [2.75, 3.05) is 6.61 Å². The van der Waals surface area contributed by atoms with Crippen LogP contribution in [0, 0.1) is 21.8 Å². The molecule has 2 rings (SSSR count). The summed E-state index contributed by atoms with van der Waals surface area (Å²) in [4.78, 5) is 10.1. The first-order valence-corrected chi connectivity index (χ1v) is 6.81. The number of nitro groups is 1. The van der Waals surface area contributed by atoms with Gasteiger partial charge in [-0.05, 0) is 24.5 Å². The van der Waals surface area contributed by atoms with Gasteiger partial charge in [-0.15, -0.1) is 0 Å². The second kappa shape index (κ2) is 6.65. The standard InChI is InChI=1S/C14H18FNO4/c15-11-5-6-14(13(8-11)16(18)19)20-9-12(17)7-10-3-1-2-4-10/h5-6,8,10,12,17H,1-4,7,9H2. The third kappa shape index (κ3) is 3.90. The largest absolute Gasteiger partial charge is 0.484 e. The highest BCUT2D eigenvalue weighted by molar-refractivity contribution is 5.46. The van der Waals surface area contributed by atoms with E-state index in [0.29, 0.717) is 12.3 Å². The molecule has 0 spiro atoms. The maximum atomic E-state index is 13.0. The first-order valence-electron chi connectivity index (χ1n) is 6.81.